The molecule has 0 aromatic carbocycles. The maximum absolute atomic E-state index is 14.4. The number of ether oxygens (including phenoxy) is 2. The molecule has 2 atom stereocenters. The second kappa shape index (κ2) is 8.39. The van der Waals surface area contributed by atoms with Gasteiger partial charge in [-0.05, 0) is 31.9 Å². The minimum absolute atomic E-state index is 0.335. The summed E-state index contributed by atoms with van der Waals surface area (Å²) in [6, 6.07) is 5.47. The molecule has 8 nitrogen and oxygen atoms in total. The van der Waals surface area contributed by atoms with Crippen LogP contribution in [0.25, 0.3) is 17.0 Å². The minimum atomic E-state index is -0.923. The van der Waals surface area contributed by atoms with Gasteiger partial charge in [0.25, 0.3) is 0 Å². The number of fused-ring (bicyclic) bond motifs is 1. The Labute approximate surface area is 180 Å². The SMILES string of the molecule is COCc1ccc(-c2cnc3cc(OC)c(C4CC4)nn23)nc1N[C@H]1CNCC[C@@H]1F. The molecule has 0 unspecified atom stereocenters. The van der Waals surface area contributed by atoms with Crippen LogP contribution in [0.15, 0.2) is 24.4 Å². The highest BCUT2D eigenvalue weighted by atomic mass is 19.1. The Hall–Kier alpha value is -2.78. The van der Waals surface area contributed by atoms with E-state index >= 15 is 0 Å². The first-order valence-corrected chi connectivity index (χ1v) is 10.7. The van der Waals surface area contributed by atoms with E-state index in [9.17, 15) is 4.39 Å². The Kier molecular flexibility index (Phi) is 5.45. The highest BCUT2D eigenvalue weighted by Gasteiger charge is 2.30. The number of piperidine rings is 1. The van der Waals surface area contributed by atoms with Crippen molar-refractivity contribution in [2.24, 2.45) is 0 Å². The first-order valence-electron chi connectivity index (χ1n) is 10.7. The molecule has 31 heavy (non-hydrogen) atoms. The summed E-state index contributed by atoms with van der Waals surface area (Å²) in [4.78, 5) is 9.33. The molecular weight excluding hydrogens is 399 g/mol. The minimum Gasteiger partial charge on any atom is -0.495 e. The molecule has 3 aromatic rings. The van der Waals surface area contributed by atoms with Crippen LogP contribution in [-0.2, 0) is 11.3 Å². The lowest BCUT2D eigenvalue weighted by Gasteiger charge is -2.28. The van der Waals surface area contributed by atoms with E-state index in [0.29, 0.717) is 49.2 Å². The molecule has 1 aliphatic carbocycles. The summed E-state index contributed by atoms with van der Waals surface area (Å²) >= 11 is 0. The number of halogens is 1. The monoisotopic (exact) mass is 426 g/mol. The average Bonchev–Trinajstić information content (AvgIpc) is 3.55. The van der Waals surface area contributed by atoms with Gasteiger partial charge in [-0.1, -0.05) is 6.07 Å². The van der Waals surface area contributed by atoms with Crippen LogP contribution >= 0.6 is 0 Å². The number of hydrogen-bond donors (Lipinski definition) is 2. The van der Waals surface area contributed by atoms with Crippen molar-refractivity contribution in [1.82, 2.24) is 24.9 Å². The largest absolute Gasteiger partial charge is 0.495 e. The number of nitrogens with zero attached hydrogens (tertiary/aromatic N) is 4. The summed E-state index contributed by atoms with van der Waals surface area (Å²) in [6.07, 6.45) is 3.57. The van der Waals surface area contributed by atoms with E-state index in [0.717, 1.165) is 35.5 Å². The van der Waals surface area contributed by atoms with Crippen LogP contribution in [0.3, 0.4) is 0 Å². The predicted molar refractivity (Wildman–Crippen MR) is 115 cm³/mol. The first-order chi connectivity index (χ1) is 15.2. The van der Waals surface area contributed by atoms with E-state index in [1.165, 1.54) is 0 Å². The van der Waals surface area contributed by atoms with Gasteiger partial charge in [0.1, 0.15) is 29.1 Å². The van der Waals surface area contributed by atoms with E-state index in [2.05, 4.69) is 15.6 Å². The maximum atomic E-state index is 14.4. The van der Waals surface area contributed by atoms with E-state index in [1.807, 2.05) is 22.7 Å². The molecule has 5 rings (SSSR count). The normalized spacial score (nSPS) is 21.4. The molecule has 164 valence electrons. The average molecular weight is 426 g/mol. The van der Waals surface area contributed by atoms with E-state index in [-0.39, 0.29) is 6.04 Å². The van der Waals surface area contributed by atoms with Gasteiger partial charge in [-0.25, -0.2) is 18.9 Å². The Morgan fingerprint density at radius 3 is 2.87 bits per heavy atom. The summed E-state index contributed by atoms with van der Waals surface area (Å²) in [5.74, 6) is 1.84. The standard InChI is InChI=1S/C22H27FN6O2/c1-30-12-14-5-6-16(26-22(14)27-17-10-24-8-7-15(17)23)18-11-25-20-9-19(31-2)21(13-3-4-13)28-29(18)20/h5-6,9,11,13,15,17,24H,3-4,7-8,10,12H2,1-2H3,(H,26,27)/t15-,17-/m0/s1. The molecule has 4 heterocycles. The van der Waals surface area contributed by atoms with Gasteiger partial charge in [0.15, 0.2) is 5.65 Å². The topological polar surface area (TPSA) is 85.6 Å². The number of hydrogen-bond acceptors (Lipinski definition) is 7. The molecule has 0 spiro atoms. The van der Waals surface area contributed by atoms with Gasteiger partial charge in [-0.3, -0.25) is 0 Å². The highest BCUT2D eigenvalue weighted by Crippen LogP contribution is 2.43. The number of imidazole rings is 1. The number of pyridine rings is 1. The van der Waals surface area contributed by atoms with Crippen molar-refractivity contribution in [3.05, 3.63) is 35.7 Å². The Balaban J connectivity index is 1.54. The molecule has 9 heteroatoms. The van der Waals surface area contributed by atoms with Crippen LogP contribution in [0.5, 0.6) is 5.75 Å². The molecule has 0 radical (unpaired) electrons. The van der Waals surface area contributed by atoms with Gasteiger partial charge in [0.2, 0.25) is 0 Å². The van der Waals surface area contributed by atoms with Crippen molar-refractivity contribution < 1.29 is 13.9 Å². The second-order valence-corrected chi connectivity index (χ2v) is 8.18. The quantitative estimate of drug-likeness (QED) is 0.601. The van der Waals surface area contributed by atoms with Crippen LogP contribution in [-0.4, -0.2) is 59.1 Å². The molecular formula is C22H27FN6O2. The molecule has 2 N–H and O–H groups in total. The maximum Gasteiger partial charge on any atom is 0.157 e. The third-order valence-electron chi connectivity index (χ3n) is 5.93. The molecule has 1 saturated carbocycles. The summed E-state index contributed by atoms with van der Waals surface area (Å²) in [7, 11) is 3.30. The molecule has 3 aromatic heterocycles. The van der Waals surface area contributed by atoms with Crippen molar-refractivity contribution >= 4 is 11.5 Å². The number of nitrogens with one attached hydrogen (secondary N) is 2. The van der Waals surface area contributed by atoms with Gasteiger partial charge in [0.05, 0.1) is 31.6 Å². The zero-order valence-corrected chi connectivity index (χ0v) is 17.8. The zero-order valence-electron chi connectivity index (χ0n) is 17.8. The van der Waals surface area contributed by atoms with Gasteiger partial charge in [-0.15, -0.1) is 0 Å². The summed E-state index contributed by atoms with van der Waals surface area (Å²) in [6.45, 7) is 1.64. The van der Waals surface area contributed by atoms with Gasteiger partial charge < -0.3 is 20.1 Å². The number of aromatic nitrogens is 4. The molecule has 0 amide bonds. The van der Waals surface area contributed by atoms with Crippen LogP contribution in [0, 0.1) is 0 Å². The summed E-state index contributed by atoms with van der Waals surface area (Å²) in [5.41, 5.74) is 4.04. The third kappa shape index (κ3) is 3.95. The van der Waals surface area contributed by atoms with Crippen molar-refractivity contribution in [3.63, 3.8) is 0 Å². The summed E-state index contributed by atoms with van der Waals surface area (Å²) < 4.78 is 27.1. The Bertz CT molecular complexity index is 1080. The number of anilines is 1. The van der Waals surface area contributed by atoms with Crippen molar-refractivity contribution in [3.8, 4) is 17.1 Å². The first kappa shape index (κ1) is 20.1. The van der Waals surface area contributed by atoms with Gasteiger partial charge in [-0.2, -0.15) is 5.10 Å². The van der Waals surface area contributed by atoms with Crippen LogP contribution in [0.1, 0.15) is 36.4 Å². The molecule has 1 saturated heterocycles. The second-order valence-electron chi connectivity index (χ2n) is 8.18. The summed E-state index contributed by atoms with van der Waals surface area (Å²) in [5, 5.41) is 11.4. The van der Waals surface area contributed by atoms with Crippen LogP contribution in [0.4, 0.5) is 10.2 Å². The lowest BCUT2D eigenvalue weighted by Crippen LogP contribution is -2.46. The number of rotatable bonds is 7. The van der Waals surface area contributed by atoms with Gasteiger partial charge in [0, 0.05) is 31.2 Å². The van der Waals surface area contributed by atoms with Crippen molar-refractivity contribution in [2.75, 3.05) is 32.6 Å². The molecule has 2 fully saturated rings. The number of alkyl halides is 1. The lowest BCUT2D eigenvalue weighted by molar-refractivity contribution is 0.184. The van der Waals surface area contributed by atoms with Gasteiger partial charge >= 0.3 is 0 Å². The predicted octanol–water partition coefficient (Wildman–Crippen LogP) is 2.94. The molecule has 1 aliphatic heterocycles. The van der Waals surface area contributed by atoms with E-state index in [1.54, 1.807) is 20.4 Å². The fraction of sp³-hybridized carbons (Fsp3) is 0.500. The van der Waals surface area contributed by atoms with Crippen LogP contribution < -0.4 is 15.4 Å². The number of methoxy groups -OCH3 is 2. The van der Waals surface area contributed by atoms with Crippen molar-refractivity contribution in [2.45, 2.75) is 44.0 Å². The Morgan fingerprint density at radius 2 is 2.13 bits per heavy atom. The van der Waals surface area contributed by atoms with E-state index in [4.69, 9.17) is 19.6 Å². The van der Waals surface area contributed by atoms with Crippen molar-refractivity contribution in [1.29, 1.82) is 0 Å². The fourth-order valence-electron chi connectivity index (χ4n) is 4.06. The van der Waals surface area contributed by atoms with E-state index < -0.39 is 6.17 Å². The fourth-order valence-corrected chi connectivity index (χ4v) is 4.06. The molecule has 2 aliphatic rings. The van der Waals surface area contributed by atoms with Crippen LogP contribution in [0.2, 0.25) is 0 Å². The third-order valence-corrected chi connectivity index (χ3v) is 5.93. The zero-order chi connectivity index (χ0) is 21.4. The lowest BCUT2D eigenvalue weighted by atomic mass is 10.1. The highest BCUT2D eigenvalue weighted by molar-refractivity contribution is 5.64. The smallest absolute Gasteiger partial charge is 0.157 e. The molecule has 0 bridgehead atoms. The Morgan fingerprint density at radius 1 is 1.26 bits per heavy atom.